The summed E-state index contributed by atoms with van der Waals surface area (Å²) in [5.41, 5.74) is 2.33. The van der Waals surface area contributed by atoms with Gasteiger partial charge in [-0.3, -0.25) is 29.0 Å². The van der Waals surface area contributed by atoms with E-state index in [2.05, 4.69) is 23.1 Å². The Morgan fingerprint density at radius 2 is 1.51 bits per heavy atom. The summed E-state index contributed by atoms with van der Waals surface area (Å²) in [6.45, 7) is 4.34. The molecule has 3 aromatic rings. The summed E-state index contributed by atoms with van der Waals surface area (Å²) in [6.07, 6.45) is 4.29. The molecular formula is C39H39N3O5. The Bertz CT molecular complexity index is 1780. The number of para-hydroxylation sites is 1. The number of phenols is 1. The molecule has 1 N–H and O–H groups in total. The van der Waals surface area contributed by atoms with Crippen molar-refractivity contribution in [1.82, 2.24) is 9.80 Å². The predicted molar refractivity (Wildman–Crippen MR) is 176 cm³/mol. The van der Waals surface area contributed by atoms with Crippen molar-refractivity contribution in [2.24, 2.45) is 29.1 Å². The smallest absolute Gasteiger partial charge is 0.241 e. The van der Waals surface area contributed by atoms with Crippen LogP contribution < -0.4 is 4.90 Å². The summed E-state index contributed by atoms with van der Waals surface area (Å²) in [6, 6.07) is 26.1. The van der Waals surface area contributed by atoms with E-state index in [1.807, 2.05) is 49.4 Å². The first-order valence-corrected chi connectivity index (χ1v) is 16.8. The van der Waals surface area contributed by atoms with Crippen LogP contribution in [0.4, 0.5) is 5.69 Å². The van der Waals surface area contributed by atoms with Crippen LogP contribution in [0.5, 0.6) is 5.75 Å². The van der Waals surface area contributed by atoms with E-state index in [1.165, 1.54) is 10.5 Å². The Hall–Kier alpha value is -4.56. The Kier molecular flexibility index (Phi) is 7.17. The minimum absolute atomic E-state index is 0.0765. The molecule has 0 bridgehead atoms. The molecule has 5 aliphatic rings. The lowest BCUT2D eigenvalue weighted by molar-refractivity contribution is -0.144. The summed E-state index contributed by atoms with van der Waals surface area (Å²) in [5.74, 6) is -3.29. The molecule has 6 atom stereocenters. The van der Waals surface area contributed by atoms with Gasteiger partial charge in [0.15, 0.2) is 0 Å². The van der Waals surface area contributed by atoms with Gasteiger partial charge in [0.05, 0.1) is 28.9 Å². The molecule has 47 heavy (non-hydrogen) atoms. The topological polar surface area (TPSA) is 98.2 Å². The van der Waals surface area contributed by atoms with E-state index in [9.17, 15) is 24.3 Å². The largest absolute Gasteiger partial charge is 0.508 e. The molecule has 8 heteroatoms. The van der Waals surface area contributed by atoms with Gasteiger partial charge in [-0.05, 0) is 73.9 Å². The average Bonchev–Trinajstić information content (AvgIpc) is 3.45. The first-order valence-electron chi connectivity index (χ1n) is 16.8. The molecule has 2 aliphatic carbocycles. The van der Waals surface area contributed by atoms with Crippen molar-refractivity contribution >= 4 is 29.3 Å². The molecule has 3 aromatic carbocycles. The summed E-state index contributed by atoms with van der Waals surface area (Å²) in [7, 11) is 0. The highest BCUT2D eigenvalue weighted by atomic mass is 16.3. The van der Waals surface area contributed by atoms with Crippen LogP contribution in [0.3, 0.4) is 0 Å². The van der Waals surface area contributed by atoms with E-state index in [0.29, 0.717) is 18.5 Å². The summed E-state index contributed by atoms with van der Waals surface area (Å²) < 4.78 is 0. The Morgan fingerprint density at radius 1 is 0.809 bits per heavy atom. The number of hydrogen-bond acceptors (Lipinski definition) is 6. The van der Waals surface area contributed by atoms with Gasteiger partial charge in [-0.25, -0.2) is 4.90 Å². The van der Waals surface area contributed by atoms with Gasteiger partial charge >= 0.3 is 0 Å². The van der Waals surface area contributed by atoms with E-state index < -0.39 is 29.1 Å². The maximum Gasteiger partial charge on any atom is 0.241 e. The van der Waals surface area contributed by atoms with Crippen molar-refractivity contribution in [3.05, 3.63) is 108 Å². The number of likely N-dealkylation sites (tertiary alicyclic amines) is 2. The molecule has 0 unspecified atom stereocenters. The number of hydrogen-bond donors (Lipinski definition) is 1. The van der Waals surface area contributed by atoms with Gasteiger partial charge in [0.2, 0.25) is 23.6 Å². The molecule has 8 rings (SSSR count). The van der Waals surface area contributed by atoms with Crippen LogP contribution in [-0.2, 0) is 25.7 Å². The third-order valence-electron chi connectivity index (χ3n) is 11.7. The maximum absolute atomic E-state index is 14.4. The zero-order chi connectivity index (χ0) is 32.4. The highest BCUT2D eigenvalue weighted by Crippen LogP contribution is 2.63. The quantitative estimate of drug-likeness (QED) is 0.305. The summed E-state index contributed by atoms with van der Waals surface area (Å²) >= 11 is 0. The van der Waals surface area contributed by atoms with Gasteiger partial charge in [0.25, 0.3) is 0 Å². The maximum atomic E-state index is 14.4. The zero-order valence-corrected chi connectivity index (χ0v) is 26.5. The van der Waals surface area contributed by atoms with Crippen molar-refractivity contribution in [1.29, 1.82) is 0 Å². The SMILES string of the molecule is C[C@@]12C(=O)N(c3ccccc3)C(=O)[C@@H]1C[C@@H]1C(=CC[C@@H]3C(=O)N(C4CCN(Cc5ccccc5)CC4)C(=O)[C@@H]31)[C@@H]2c1cccc(O)c1. The first kappa shape index (κ1) is 29.8. The number of amides is 4. The average molecular weight is 630 g/mol. The number of fused-ring (bicyclic) bond motifs is 4. The monoisotopic (exact) mass is 629 g/mol. The molecule has 8 nitrogen and oxygen atoms in total. The Balaban J connectivity index is 1.11. The number of nitrogens with zero attached hydrogens (tertiary/aromatic N) is 3. The lowest BCUT2D eigenvalue weighted by atomic mass is 9.51. The molecular weight excluding hydrogens is 590 g/mol. The molecule has 3 aliphatic heterocycles. The summed E-state index contributed by atoms with van der Waals surface area (Å²) in [4.78, 5) is 62.4. The fraction of sp³-hybridized carbons (Fsp3) is 0.385. The van der Waals surface area contributed by atoms with Crippen LogP contribution in [0.1, 0.15) is 49.7 Å². The fourth-order valence-corrected chi connectivity index (χ4v) is 9.48. The number of phenolic OH excluding ortho intramolecular Hbond substituents is 1. The van der Waals surface area contributed by atoms with Gasteiger partial charge in [0.1, 0.15) is 5.75 Å². The highest BCUT2D eigenvalue weighted by Gasteiger charge is 2.67. The third-order valence-corrected chi connectivity index (χ3v) is 11.7. The zero-order valence-electron chi connectivity index (χ0n) is 26.5. The van der Waals surface area contributed by atoms with E-state index in [4.69, 9.17) is 0 Å². The number of rotatable bonds is 5. The van der Waals surface area contributed by atoms with Crippen molar-refractivity contribution in [2.75, 3.05) is 18.0 Å². The molecule has 3 saturated heterocycles. The van der Waals surface area contributed by atoms with Crippen LogP contribution in [0, 0.1) is 29.1 Å². The molecule has 4 fully saturated rings. The van der Waals surface area contributed by atoms with Crippen molar-refractivity contribution in [3.63, 3.8) is 0 Å². The number of imide groups is 2. The van der Waals surface area contributed by atoms with Crippen molar-refractivity contribution in [3.8, 4) is 5.75 Å². The number of carbonyl (C=O) groups is 4. The number of benzene rings is 3. The standard InChI is InChI=1S/C39H39N3O5/c1-39-32(36(45)42(38(39)47)26-12-6-3-7-13-26)22-31-29(34(39)25-11-8-14-28(43)21-25)15-16-30-33(31)37(46)41(35(30)44)27-17-19-40(20-18-27)23-24-9-4-2-5-10-24/h2-15,21,27,30-34,43H,16-20,22-23H2,1H3/t30-,31+,32-,33-,34-,39+/m0/s1. The normalized spacial score (nSPS) is 31.1. The molecule has 0 radical (unpaired) electrons. The van der Waals surface area contributed by atoms with E-state index in [0.717, 1.165) is 43.6 Å². The van der Waals surface area contributed by atoms with Gasteiger partial charge in [-0.2, -0.15) is 0 Å². The Labute approximate surface area is 274 Å². The van der Waals surface area contributed by atoms with Crippen LogP contribution in [0.25, 0.3) is 0 Å². The van der Waals surface area contributed by atoms with Gasteiger partial charge in [-0.1, -0.05) is 72.3 Å². The molecule has 1 saturated carbocycles. The number of aromatic hydroxyl groups is 1. The second-order valence-electron chi connectivity index (χ2n) is 14.1. The number of piperidine rings is 1. The molecule has 0 aromatic heterocycles. The van der Waals surface area contributed by atoms with Gasteiger partial charge < -0.3 is 5.11 Å². The molecule has 4 amide bonds. The second kappa shape index (κ2) is 11.3. The van der Waals surface area contributed by atoms with E-state index in [-0.39, 0.29) is 41.3 Å². The van der Waals surface area contributed by atoms with Gasteiger partial charge in [-0.15, -0.1) is 0 Å². The fourth-order valence-electron chi connectivity index (χ4n) is 9.48. The van der Waals surface area contributed by atoms with Crippen LogP contribution in [-0.4, -0.2) is 57.7 Å². The van der Waals surface area contributed by atoms with Crippen LogP contribution in [0.15, 0.2) is 96.6 Å². The third kappa shape index (κ3) is 4.60. The number of allylic oxidation sites excluding steroid dienone is 2. The highest BCUT2D eigenvalue weighted by molar-refractivity contribution is 6.24. The Morgan fingerprint density at radius 3 is 2.21 bits per heavy atom. The molecule has 240 valence electrons. The van der Waals surface area contributed by atoms with Crippen molar-refractivity contribution in [2.45, 2.75) is 51.1 Å². The van der Waals surface area contributed by atoms with Gasteiger partial charge in [0, 0.05) is 31.6 Å². The predicted octanol–water partition coefficient (Wildman–Crippen LogP) is 5.29. The first-order chi connectivity index (χ1) is 22.8. The lowest BCUT2D eigenvalue weighted by Gasteiger charge is -2.49. The number of carbonyl (C=O) groups excluding carboxylic acids is 4. The van der Waals surface area contributed by atoms with E-state index in [1.54, 1.807) is 35.2 Å². The number of anilines is 1. The van der Waals surface area contributed by atoms with E-state index >= 15 is 0 Å². The minimum atomic E-state index is -1.12. The molecule has 3 heterocycles. The van der Waals surface area contributed by atoms with Crippen LogP contribution in [0.2, 0.25) is 0 Å². The minimum Gasteiger partial charge on any atom is -0.508 e. The van der Waals surface area contributed by atoms with Crippen LogP contribution >= 0.6 is 0 Å². The second-order valence-corrected chi connectivity index (χ2v) is 14.1. The summed E-state index contributed by atoms with van der Waals surface area (Å²) in [5, 5.41) is 10.5. The van der Waals surface area contributed by atoms with Crippen molar-refractivity contribution < 1.29 is 24.3 Å². The molecule has 0 spiro atoms. The lowest BCUT2D eigenvalue weighted by Crippen LogP contribution is -2.49.